The van der Waals surface area contributed by atoms with E-state index in [9.17, 15) is 9.18 Å². The Hall–Kier alpha value is -1.42. The number of likely N-dealkylation sites (tertiary alicyclic amines) is 1. The Balaban J connectivity index is 1.75. The summed E-state index contributed by atoms with van der Waals surface area (Å²) in [4.78, 5) is 15.4. The second-order valence-corrected chi connectivity index (χ2v) is 9.12. The maximum atomic E-state index is 13.3. The number of benzene rings is 1. The van der Waals surface area contributed by atoms with Crippen LogP contribution < -0.4 is 0 Å². The van der Waals surface area contributed by atoms with Gasteiger partial charge in [-0.05, 0) is 74.2 Å². The van der Waals surface area contributed by atoms with Gasteiger partial charge in [-0.2, -0.15) is 0 Å². The van der Waals surface area contributed by atoms with Gasteiger partial charge in [-0.25, -0.2) is 4.39 Å². The zero-order chi connectivity index (χ0) is 19.6. The van der Waals surface area contributed by atoms with Crippen molar-refractivity contribution in [2.24, 2.45) is 23.7 Å². The molecule has 0 unspecified atom stereocenters. The highest BCUT2D eigenvalue weighted by atomic mass is 19.1. The van der Waals surface area contributed by atoms with Gasteiger partial charge in [0.1, 0.15) is 11.9 Å². The summed E-state index contributed by atoms with van der Waals surface area (Å²) in [5.74, 6) is 1.21. The SMILES string of the molecule is CC(C)[C@H]1CC[C@@H](C)C[C@H]1OC(=O)[C@H]1CN(C)CC[C@H]1c1ccc(F)cc1. The first-order valence-corrected chi connectivity index (χ1v) is 10.5. The molecule has 0 N–H and O–H groups in total. The molecule has 0 aromatic heterocycles. The fraction of sp³-hybridized carbons (Fsp3) is 0.696. The Morgan fingerprint density at radius 2 is 1.89 bits per heavy atom. The summed E-state index contributed by atoms with van der Waals surface area (Å²) in [6.45, 7) is 8.37. The Bertz CT molecular complexity index is 630. The predicted molar refractivity (Wildman–Crippen MR) is 106 cm³/mol. The predicted octanol–water partition coefficient (Wildman–Crippen LogP) is 4.87. The molecule has 1 heterocycles. The van der Waals surface area contributed by atoms with Crippen molar-refractivity contribution in [1.82, 2.24) is 4.90 Å². The molecule has 0 spiro atoms. The van der Waals surface area contributed by atoms with E-state index in [1.165, 1.54) is 18.6 Å². The second-order valence-electron chi connectivity index (χ2n) is 9.12. The van der Waals surface area contributed by atoms with Gasteiger partial charge in [0.05, 0.1) is 5.92 Å². The highest BCUT2D eigenvalue weighted by molar-refractivity contribution is 5.74. The maximum Gasteiger partial charge on any atom is 0.311 e. The number of nitrogens with zero attached hydrogens (tertiary/aromatic N) is 1. The summed E-state index contributed by atoms with van der Waals surface area (Å²) in [5.41, 5.74) is 1.05. The second kappa shape index (κ2) is 8.72. The molecule has 1 aliphatic heterocycles. The zero-order valence-electron chi connectivity index (χ0n) is 17.2. The summed E-state index contributed by atoms with van der Waals surface area (Å²) in [6, 6.07) is 6.64. The van der Waals surface area contributed by atoms with Gasteiger partial charge >= 0.3 is 5.97 Å². The monoisotopic (exact) mass is 375 g/mol. The molecule has 0 amide bonds. The molecule has 3 rings (SSSR count). The standard InChI is InChI=1S/C23H34FNO2/c1-15(2)19-10-5-16(3)13-22(19)27-23(26)21-14-25(4)12-11-20(21)17-6-8-18(24)9-7-17/h6-9,15-16,19-22H,5,10-14H2,1-4H3/t16-,19-,20+,21+,22-/m1/s1. The van der Waals surface area contributed by atoms with Crippen molar-refractivity contribution in [3.8, 4) is 0 Å². The average molecular weight is 376 g/mol. The van der Waals surface area contributed by atoms with Crippen molar-refractivity contribution in [3.05, 3.63) is 35.6 Å². The first-order valence-electron chi connectivity index (χ1n) is 10.5. The zero-order valence-corrected chi connectivity index (χ0v) is 17.2. The van der Waals surface area contributed by atoms with Crippen LogP contribution in [0.1, 0.15) is 57.9 Å². The van der Waals surface area contributed by atoms with Crippen LogP contribution >= 0.6 is 0 Å². The van der Waals surface area contributed by atoms with E-state index in [2.05, 4.69) is 32.7 Å². The van der Waals surface area contributed by atoms with E-state index < -0.39 is 0 Å². The number of hydrogen-bond donors (Lipinski definition) is 0. The number of hydrogen-bond acceptors (Lipinski definition) is 3. The van der Waals surface area contributed by atoms with Crippen LogP contribution in [0.2, 0.25) is 0 Å². The highest BCUT2D eigenvalue weighted by Gasteiger charge is 2.39. The van der Waals surface area contributed by atoms with Gasteiger partial charge in [-0.3, -0.25) is 4.79 Å². The lowest BCUT2D eigenvalue weighted by molar-refractivity contribution is -0.163. The first-order chi connectivity index (χ1) is 12.8. The van der Waals surface area contributed by atoms with Crippen molar-refractivity contribution in [3.63, 3.8) is 0 Å². The molecule has 0 radical (unpaired) electrons. The molecule has 4 heteroatoms. The van der Waals surface area contributed by atoms with Crippen LogP contribution in [0.15, 0.2) is 24.3 Å². The van der Waals surface area contributed by atoms with E-state index in [0.717, 1.165) is 31.4 Å². The average Bonchev–Trinajstić information content (AvgIpc) is 2.62. The van der Waals surface area contributed by atoms with Gasteiger partial charge in [-0.15, -0.1) is 0 Å². The van der Waals surface area contributed by atoms with E-state index in [1.54, 1.807) is 0 Å². The van der Waals surface area contributed by atoms with Crippen LogP contribution in [0, 0.1) is 29.5 Å². The summed E-state index contributed by atoms with van der Waals surface area (Å²) in [6.07, 6.45) is 4.27. The molecule has 1 aliphatic carbocycles. The summed E-state index contributed by atoms with van der Waals surface area (Å²) >= 11 is 0. The van der Waals surface area contributed by atoms with E-state index in [0.29, 0.717) is 24.3 Å². The molecule has 2 fully saturated rings. The van der Waals surface area contributed by atoms with Gasteiger partial charge in [0.25, 0.3) is 0 Å². The van der Waals surface area contributed by atoms with E-state index in [-0.39, 0.29) is 29.7 Å². The van der Waals surface area contributed by atoms with Gasteiger partial charge in [0, 0.05) is 6.54 Å². The maximum absolute atomic E-state index is 13.3. The van der Waals surface area contributed by atoms with Gasteiger partial charge < -0.3 is 9.64 Å². The van der Waals surface area contributed by atoms with Crippen LogP contribution in [0.5, 0.6) is 0 Å². The van der Waals surface area contributed by atoms with Crippen LogP contribution in [0.3, 0.4) is 0 Å². The number of halogens is 1. The lowest BCUT2D eigenvalue weighted by Gasteiger charge is -2.40. The van der Waals surface area contributed by atoms with Crippen LogP contribution in [0.4, 0.5) is 4.39 Å². The third kappa shape index (κ3) is 4.90. The number of rotatable bonds is 4. The van der Waals surface area contributed by atoms with Crippen molar-refractivity contribution in [1.29, 1.82) is 0 Å². The molecule has 150 valence electrons. The molecule has 1 aromatic rings. The Morgan fingerprint density at radius 1 is 1.19 bits per heavy atom. The Morgan fingerprint density at radius 3 is 2.56 bits per heavy atom. The van der Waals surface area contributed by atoms with E-state index >= 15 is 0 Å². The van der Waals surface area contributed by atoms with E-state index in [1.807, 2.05) is 12.1 Å². The molecule has 5 atom stereocenters. The van der Waals surface area contributed by atoms with E-state index in [4.69, 9.17) is 4.74 Å². The third-order valence-corrected chi connectivity index (χ3v) is 6.65. The number of carbonyl (C=O) groups is 1. The minimum atomic E-state index is -0.234. The van der Waals surface area contributed by atoms with Crippen molar-refractivity contribution in [2.75, 3.05) is 20.1 Å². The molecular weight excluding hydrogens is 341 g/mol. The first kappa shape index (κ1) is 20.3. The number of esters is 1. The normalized spacial score (nSPS) is 32.4. The largest absolute Gasteiger partial charge is 0.462 e. The molecule has 27 heavy (non-hydrogen) atoms. The fourth-order valence-electron chi connectivity index (χ4n) is 4.95. The van der Waals surface area contributed by atoms with Crippen LogP contribution in [-0.2, 0) is 9.53 Å². The molecule has 2 aliphatic rings. The summed E-state index contributed by atoms with van der Waals surface area (Å²) < 4.78 is 19.5. The molecule has 0 bridgehead atoms. The Labute approximate surface area is 163 Å². The third-order valence-electron chi connectivity index (χ3n) is 6.65. The number of carbonyl (C=O) groups excluding carboxylic acids is 1. The molecular formula is C23H34FNO2. The van der Waals surface area contributed by atoms with Crippen molar-refractivity contribution in [2.45, 2.75) is 58.5 Å². The molecule has 3 nitrogen and oxygen atoms in total. The smallest absolute Gasteiger partial charge is 0.311 e. The lowest BCUT2D eigenvalue weighted by Crippen LogP contribution is -2.44. The van der Waals surface area contributed by atoms with Crippen molar-refractivity contribution >= 4 is 5.97 Å². The minimum Gasteiger partial charge on any atom is -0.462 e. The van der Waals surface area contributed by atoms with Crippen LogP contribution in [0.25, 0.3) is 0 Å². The van der Waals surface area contributed by atoms with Gasteiger partial charge in [-0.1, -0.05) is 39.3 Å². The Kier molecular flexibility index (Phi) is 6.56. The number of piperidine rings is 1. The quantitative estimate of drug-likeness (QED) is 0.704. The van der Waals surface area contributed by atoms with Crippen LogP contribution in [-0.4, -0.2) is 37.1 Å². The van der Waals surface area contributed by atoms with Crippen molar-refractivity contribution < 1.29 is 13.9 Å². The van der Waals surface area contributed by atoms with Gasteiger partial charge in [0.2, 0.25) is 0 Å². The highest BCUT2D eigenvalue weighted by Crippen LogP contribution is 2.38. The number of ether oxygens (including phenoxy) is 1. The molecule has 1 saturated heterocycles. The molecule has 1 aromatic carbocycles. The topological polar surface area (TPSA) is 29.5 Å². The minimum absolute atomic E-state index is 0.0300. The summed E-state index contributed by atoms with van der Waals surface area (Å²) in [5, 5.41) is 0. The lowest BCUT2D eigenvalue weighted by atomic mass is 9.75. The molecule has 1 saturated carbocycles. The van der Waals surface area contributed by atoms with Gasteiger partial charge in [0.15, 0.2) is 0 Å². The summed E-state index contributed by atoms with van der Waals surface area (Å²) in [7, 11) is 2.06. The fourth-order valence-corrected chi connectivity index (χ4v) is 4.95.